The Balaban J connectivity index is 2.12. The van der Waals surface area contributed by atoms with Crippen molar-refractivity contribution in [3.05, 3.63) is 35.6 Å². The van der Waals surface area contributed by atoms with E-state index in [1.807, 2.05) is 13.8 Å². The van der Waals surface area contributed by atoms with E-state index in [4.69, 9.17) is 15.2 Å². The van der Waals surface area contributed by atoms with Crippen LogP contribution in [0.15, 0.2) is 29.3 Å². The molecule has 28 heavy (non-hydrogen) atoms. The van der Waals surface area contributed by atoms with Crippen molar-refractivity contribution in [2.75, 3.05) is 13.2 Å². The fraction of sp³-hybridized carbons (Fsp3) is 0.571. The summed E-state index contributed by atoms with van der Waals surface area (Å²) < 4.78 is 26.7. The number of fused-ring (bicyclic) bond motifs is 1. The summed E-state index contributed by atoms with van der Waals surface area (Å²) in [5, 5.41) is 20.3. The summed E-state index contributed by atoms with van der Waals surface area (Å²) in [6.45, 7) is 4.63. The normalized spacial score (nSPS) is 29.5. The Morgan fingerprint density at radius 1 is 1.11 bits per heavy atom. The average molecular weight is 384 g/mol. The van der Waals surface area contributed by atoms with Crippen LogP contribution in [0.2, 0.25) is 0 Å². The van der Waals surface area contributed by atoms with Crippen molar-refractivity contribution in [3.8, 4) is 12.1 Å². The van der Waals surface area contributed by atoms with Gasteiger partial charge in [-0.3, -0.25) is 0 Å². The first-order chi connectivity index (χ1) is 13.5. The molecule has 1 aromatic rings. The molecular weight excluding hydrogens is 359 g/mol. The lowest BCUT2D eigenvalue weighted by Crippen LogP contribution is -2.44. The number of ether oxygens (including phenoxy) is 2. The standard InChI is InChI=1S/C21H25FN4O2/c1-3-5-11-27-21(28-12-6-4-2)20(14-24)17(15-9-7-8-10-16(15)22)19(20,13-23)18(25)26-21/h7-10,17H,3-6,11-12H2,1-2H3,(H2,25,26). The molecule has 1 saturated carbocycles. The molecule has 0 amide bonds. The monoisotopic (exact) mass is 384 g/mol. The molecule has 0 bridgehead atoms. The van der Waals surface area contributed by atoms with Gasteiger partial charge in [-0.25, -0.2) is 9.38 Å². The molecule has 0 radical (unpaired) electrons. The van der Waals surface area contributed by atoms with Crippen LogP contribution in [0.3, 0.4) is 0 Å². The number of rotatable bonds is 9. The van der Waals surface area contributed by atoms with Crippen molar-refractivity contribution in [2.24, 2.45) is 21.6 Å². The summed E-state index contributed by atoms with van der Waals surface area (Å²) in [5.41, 5.74) is 3.44. The lowest BCUT2D eigenvalue weighted by Gasteiger charge is -2.32. The zero-order chi connectivity index (χ0) is 20.4. The second kappa shape index (κ2) is 7.50. The van der Waals surface area contributed by atoms with E-state index in [0.717, 1.165) is 25.7 Å². The van der Waals surface area contributed by atoms with E-state index < -0.39 is 28.5 Å². The van der Waals surface area contributed by atoms with Crippen LogP contribution in [-0.4, -0.2) is 25.0 Å². The Morgan fingerprint density at radius 2 is 1.71 bits per heavy atom. The summed E-state index contributed by atoms with van der Waals surface area (Å²) in [7, 11) is 0. The van der Waals surface area contributed by atoms with Gasteiger partial charge in [-0.1, -0.05) is 44.9 Å². The van der Waals surface area contributed by atoms with Crippen molar-refractivity contribution in [1.82, 2.24) is 0 Å². The van der Waals surface area contributed by atoms with Crippen LogP contribution in [0.5, 0.6) is 0 Å². The fourth-order valence-electron chi connectivity index (χ4n) is 4.24. The Hall–Kier alpha value is -2.48. The van der Waals surface area contributed by atoms with Gasteiger partial charge in [0.15, 0.2) is 5.41 Å². The molecule has 6 nitrogen and oxygen atoms in total. The minimum Gasteiger partial charge on any atom is -0.386 e. The van der Waals surface area contributed by atoms with Gasteiger partial charge in [0.2, 0.25) is 0 Å². The first kappa shape index (κ1) is 20.3. The van der Waals surface area contributed by atoms with Crippen molar-refractivity contribution in [1.29, 1.82) is 10.5 Å². The van der Waals surface area contributed by atoms with Gasteiger partial charge < -0.3 is 15.2 Å². The van der Waals surface area contributed by atoms with Crippen molar-refractivity contribution in [2.45, 2.75) is 51.4 Å². The lowest BCUT2D eigenvalue weighted by molar-refractivity contribution is -0.260. The Morgan fingerprint density at radius 3 is 2.21 bits per heavy atom. The smallest absolute Gasteiger partial charge is 0.293 e. The predicted octanol–water partition coefficient (Wildman–Crippen LogP) is 3.60. The van der Waals surface area contributed by atoms with Crippen molar-refractivity contribution < 1.29 is 13.9 Å². The largest absolute Gasteiger partial charge is 0.386 e. The molecule has 1 fully saturated rings. The number of nitrogens with zero attached hydrogens (tertiary/aromatic N) is 3. The minimum absolute atomic E-state index is 0.0298. The summed E-state index contributed by atoms with van der Waals surface area (Å²) in [6.07, 6.45) is 3.23. The number of nitriles is 2. The van der Waals surface area contributed by atoms with E-state index in [-0.39, 0.29) is 11.4 Å². The third-order valence-corrected chi connectivity index (χ3v) is 5.73. The fourth-order valence-corrected chi connectivity index (χ4v) is 4.24. The number of aliphatic imine (C=N–C) groups is 1. The molecule has 1 aromatic carbocycles. The summed E-state index contributed by atoms with van der Waals surface area (Å²) in [5.74, 6) is -3.04. The van der Waals surface area contributed by atoms with E-state index in [2.05, 4.69) is 17.1 Å². The van der Waals surface area contributed by atoms with Gasteiger partial charge in [0.05, 0.1) is 25.4 Å². The number of hydrogen-bond acceptors (Lipinski definition) is 6. The molecule has 2 N–H and O–H groups in total. The molecule has 0 aromatic heterocycles. The molecule has 0 spiro atoms. The van der Waals surface area contributed by atoms with Crippen LogP contribution in [0.1, 0.15) is 51.0 Å². The molecule has 1 aliphatic heterocycles. The van der Waals surface area contributed by atoms with Gasteiger partial charge >= 0.3 is 0 Å². The van der Waals surface area contributed by atoms with E-state index in [0.29, 0.717) is 13.2 Å². The maximum atomic E-state index is 14.6. The van der Waals surface area contributed by atoms with E-state index in [1.165, 1.54) is 6.07 Å². The number of benzene rings is 1. The number of hydrogen-bond donors (Lipinski definition) is 1. The van der Waals surface area contributed by atoms with E-state index in [1.54, 1.807) is 18.2 Å². The zero-order valence-corrected chi connectivity index (χ0v) is 16.2. The van der Waals surface area contributed by atoms with Crippen molar-refractivity contribution in [3.63, 3.8) is 0 Å². The number of nitrogens with two attached hydrogens (primary N) is 1. The quantitative estimate of drug-likeness (QED) is 0.517. The molecule has 3 rings (SSSR count). The molecule has 148 valence electrons. The molecule has 2 aliphatic rings. The van der Waals surface area contributed by atoms with E-state index in [9.17, 15) is 14.9 Å². The molecule has 7 heteroatoms. The Bertz CT molecular complexity index is 849. The van der Waals surface area contributed by atoms with Crippen LogP contribution < -0.4 is 5.73 Å². The highest BCUT2D eigenvalue weighted by atomic mass is 19.1. The van der Waals surface area contributed by atoms with Gasteiger partial charge in [-0.15, -0.1) is 0 Å². The molecule has 1 heterocycles. The first-order valence-electron chi connectivity index (χ1n) is 9.72. The molecule has 1 aliphatic carbocycles. The zero-order valence-electron chi connectivity index (χ0n) is 16.2. The van der Waals surface area contributed by atoms with Crippen LogP contribution in [0.4, 0.5) is 4.39 Å². The highest BCUT2D eigenvalue weighted by Crippen LogP contribution is 2.82. The van der Waals surface area contributed by atoms with E-state index >= 15 is 0 Å². The summed E-state index contributed by atoms with van der Waals surface area (Å²) >= 11 is 0. The topological polar surface area (TPSA) is 104 Å². The van der Waals surface area contributed by atoms with Crippen LogP contribution in [0, 0.1) is 39.3 Å². The van der Waals surface area contributed by atoms with Gasteiger partial charge in [0.1, 0.15) is 17.1 Å². The number of halogens is 1. The van der Waals surface area contributed by atoms with Gasteiger partial charge in [-0.2, -0.15) is 10.5 Å². The maximum Gasteiger partial charge on any atom is 0.293 e. The van der Waals surface area contributed by atoms with Gasteiger partial charge in [-0.05, 0) is 24.5 Å². The summed E-state index contributed by atoms with van der Waals surface area (Å²) in [4.78, 5) is 4.37. The third-order valence-electron chi connectivity index (χ3n) is 5.73. The minimum atomic E-state index is -1.71. The highest BCUT2D eigenvalue weighted by molar-refractivity contribution is 6.00. The van der Waals surface area contributed by atoms with Crippen LogP contribution in [0.25, 0.3) is 0 Å². The highest BCUT2D eigenvalue weighted by Gasteiger charge is 2.94. The average Bonchev–Trinajstić information content (AvgIpc) is 3.26. The van der Waals surface area contributed by atoms with Gasteiger partial charge in [0, 0.05) is 5.92 Å². The molecule has 3 unspecified atom stereocenters. The summed E-state index contributed by atoms with van der Waals surface area (Å²) in [6, 6.07) is 10.5. The molecular formula is C21H25FN4O2. The molecule has 0 saturated heterocycles. The second-order valence-corrected chi connectivity index (χ2v) is 7.28. The molecule has 3 atom stereocenters. The Labute approximate surface area is 164 Å². The number of amidine groups is 1. The Kier molecular flexibility index (Phi) is 5.43. The maximum absolute atomic E-state index is 14.6. The van der Waals surface area contributed by atoms with Crippen molar-refractivity contribution >= 4 is 5.84 Å². The van der Waals surface area contributed by atoms with Crippen LogP contribution in [-0.2, 0) is 9.47 Å². The van der Waals surface area contributed by atoms with Gasteiger partial charge in [0.25, 0.3) is 5.91 Å². The SMILES string of the molecule is CCCCOC1(OCCCC)N=C(N)C2(C#N)C(c3ccccc3F)C12C#N. The number of unbranched alkanes of at least 4 members (excludes halogenated alkanes) is 2. The lowest BCUT2D eigenvalue weighted by atomic mass is 9.93. The second-order valence-electron chi connectivity index (χ2n) is 7.28. The predicted molar refractivity (Wildman–Crippen MR) is 101 cm³/mol. The van der Waals surface area contributed by atoms with Crippen LogP contribution >= 0.6 is 0 Å². The third kappa shape index (κ3) is 2.47. The first-order valence-corrected chi connectivity index (χ1v) is 9.72.